The van der Waals surface area contributed by atoms with Crippen molar-refractivity contribution in [2.75, 3.05) is 0 Å². The van der Waals surface area contributed by atoms with E-state index in [0.29, 0.717) is 0 Å². The maximum atomic E-state index is 9.05. The van der Waals surface area contributed by atoms with Gasteiger partial charge in [-0.25, -0.2) is 0 Å². The molecule has 0 aromatic carbocycles. The summed E-state index contributed by atoms with van der Waals surface area (Å²) in [6.07, 6.45) is 0. The van der Waals surface area contributed by atoms with Gasteiger partial charge in [-0.3, -0.25) is 0 Å². The molecule has 0 aliphatic heterocycles. The molecule has 0 heterocycles. The van der Waals surface area contributed by atoms with Crippen LogP contribution in [0.15, 0.2) is 10.4 Å². The van der Waals surface area contributed by atoms with Gasteiger partial charge in [0.15, 0.2) is 0 Å². The molecule has 0 bridgehead atoms. The Hall–Kier alpha value is -0.280. The van der Waals surface area contributed by atoms with Gasteiger partial charge < -0.3 is 0 Å². The summed E-state index contributed by atoms with van der Waals surface area (Å²) in [6.45, 7) is 0. The molecule has 0 N–H and O–H groups in total. The van der Waals surface area contributed by atoms with Gasteiger partial charge in [0.25, 0.3) is 0 Å². The summed E-state index contributed by atoms with van der Waals surface area (Å²) in [4.78, 5) is 18.1. The van der Waals surface area contributed by atoms with Crippen LogP contribution in [0.3, 0.4) is 0 Å². The Morgan fingerprint density at radius 3 is 1.57 bits per heavy atom. The summed E-state index contributed by atoms with van der Waals surface area (Å²) in [7, 11) is 0. The highest BCUT2D eigenvalue weighted by atomic mass is 32.1. The maximum Gasteiger partial charge on any atom is 0.303 e. The fraction of sp³-hybridized carbons (Fsp3) is 0. The molecule has 0 radical (unpaired) electrons. The summed E-state index contributed by atoms with van der Waals surface area (Å²) in [5.41, 5.74) is 0. The molecular formula is CH3N2O2PS. The molecule has 0 amide bonds. The van der Waals surface area contributed by atoms with Crippen molar-refractivity contribution in [2.24, 2.45) is 10.4 Å². The lowest BCUT2D eigenvalue weighted by atomic mass is 11.2. The van der Waals surface area contributed by atoms with Crippen molar-refractivity contribution in [3.63, 3.8) is 0 Å². The lowest BCUT2D eigenvalue weighted by Crippen LogP contribution is -1.72. The topological polar surface area (TPSA) is 58.9 Å². The van der Waals surface area contributed by atoms with E-state index in [1.807, 2.05) is 10.4 Å². The lowest BCUT2D eigenvalue weighted by molar-refractivity contribution is 1.56. The van der Waals surface area contributed by atoms with Crippen LogP contribution in [0.2, 0.25) is 0 Å². The standard InChI is InChI=1S/CN2O2S.H3P/c4-2-1(6)3-5;/h;1H3. The van der Waals surface area contributed by atoms with Crippen molar-refractivity contribution < 1.29 is 0 Å². The number of nitrogens with zero attached hydrogens (tertiary/aromatic N) is 2. The van der Waals surface area contributed by atoms with Crippen molar-refractivity contribution in [1.82, 2.24) is 0 Å². The van der Waals surface area contributed by atoms with Crippen LogP contribution in [0.1, 0.15) is 0 Å². The second kappa shape index (κ2) is 5.72. The molecule has 0 rings (SSSR count). The van der Waals surface area contributed by atoms with Crippen molar-refractivity contribution in [3.8, 4) is 0 Å². The number of hydrogen-bond acceptors (Lipinski definition) is 3. The van der Waals surface area contributed by atoms with Gasteiger partial charge in [-0.05, 0) is 12.2 Å². The average Bonchev–Trinajstić information content (AvgIpc) is 1.65. The monoisotopic (exact) mass is 138 g/mol. The minimum atomic E-state index is -0.685. The average molecular weight is 138 g/mol. The normalized spacial score (nSPS) is 5.71. The summed E-state index contributed by atoms with van der Waals surface area (Å²) in [6, 6.07) is 0. The predicted octanol–water partition coefficient (Wildman–Crippen LogP) is 0.862. The smallest absolute Gasteiger partial charge is 0.153 e. The molecule has 4 nitrogen and oxygen atoms in total. The van der Waals surface area contributed by atoms with Gasteiger partial charge in [0.05, 0.1) is 0 Å². The van der Waals surface area contributed by atoms with Crippen LogP contribution < -0.4 is 0 Å². The van der Waals surface area contributed by atoms with Gasteiger partial charge >= 0.3 is 5.11 Å². The van der Waals surface area contributed by atoms with E-state index in [9.17, 15) is 0 Å². The second-order valence-electron chi connectivity index (χ2n) is 0.465. The quantitative estimate of drug-likeness (QED) is 0.283. The molecular weight excluding hydrogens is 135 g/mol. The Balaban J connectivity index is 0. The van der Waals surface area contributed by atoms with Gasteiger partial charge in [0.1, 0.15) is 0 Å². The molecule has 0 saturated carbocycles. The first-order chi connectivity index (χ1) is 2.81. The summed E-state index contributed by atoms with van der Waals surface area (Å²) < 4.78 is 0. The molecule has 1 atom stereocenters. The first-order valence-electron chi connectivity index (χ1n) is 1.02. The van der Waals surface area contributed by atoms with Crippen LogP contribution in [-0.4, -0.2) is 5.11 Å². The van der Waals surface area contributed by atoms with Gasteiger partial charge in [-0.2, -0.15) is 9.90 Å². The van der Waals surface area contributed by atoms with Crippen LogP contribution in [0.5, 0.6) is 0 Å². The first kappa shape index (κ1) is 9.87. The van der Waals surface area contributed by atoms with Crippen molar-refractivity contribution >= 4 is 27.2 Å². The van der Waals surface area contributed by atoms with Crippen molar-refractivity contribution in [3.05, 3.63) is 9.81 Å². The number of thiocarbonyl (C=S) groups is 1. The molecule has 0 aliphatic rings. The van der Waals surface area contributed by atoms with Crippen LogP contribution >= 0.6 is 22.1 Å². The van der Waals surface area contributed by atoms with Crippen LogP contribution in [0.25, 0.3) is 0 Å². The van der Waals surface area contributed by atoms with Crippen LogP contribution in [0.4, 0.5) is 0 Å². The fourth-order valence-corrected chi connectivity index (χ4v) is 0.0167. The van der Waals surface area contributed by atoms with Gasteiger partial charge in [0.2, 0.25) is 0 Å². The molecule has 0 aliphatic carbocycles. The molecule has 6 heteroatoms. The molecule has 40 valence electrons. The van der Waals surface area contributed by atoms with E-state index in [4.69, 9.17) is 9.81 Å². The molecule has 7 heavy (non-hydrogen) atoms. The number of rotatable bonds is 0. The van der Waals surface area contributed by atoms with Gasteiger partial charge in [-0.1, -0.05) is 0 Å². The largest absolute Gasteiger partial charge is 0.303 e. The zero-order valence-electron chi connectivity index (χ0n) is 3.33. The molecule has 1 unspecified atom stereocenters. The minimum Gasteiger partial charge on any atom is -0.153 e. The van der Waals surface area contributed by atoms with E-state index in [-0.39, 0.29) is 9.90 Å². The molecule has 0 spiro atoms. The van der Waals surface area contributed by atoms with E-state index in [1.54, 1.807) is 0 Å². The Kier molecular flexibility index (Phi) is 8.06. The van der Waals surface area contributed by atoms with Gasteiger partial charge in [-0.15, -0.1) is 9.81 Å². The lowest BCUT2D eigenvalue weighted by Gasteiger charge is -1.60. The third-order valence-electron chi connectivity index (χ3n) is 0.156. The predicted molar refractivity (Wildman–Crippen MR) is 35.3 cm³/mol. The highest BCUT2D eigenvalue weighted by Gasteiger charge is 1.84. The Labute approximate surface area is 48.2 Å². The number of nitroso groups, excluding NO2 is 2. The zero-order chi connectivity index (χ0) is 4.99. The third kappa shape index (κ3) is 5.72. The van der Waals surface area contributed by atoms with E-state index >= 15 is 0 Å². The second-order valence-corrected chi connectivity index (χ2v) is 0.830. The van der Waals surface area contributed by atoms with Crippen molar-refractivity contribution in [1.29, 1.82) is 0 Å². The third-order valence-corrected chi connectivity index (χ3v) is 0.305. The van der Waals surface area contributed by atoms with E-state index in [1.165, 1.54) is 0 Å². The molecule has 0 fully saturated rings. The fourth-order valence-electron chi connectivity index (χ4n) is 0.0167. The molecule has 0 aromatic rings. The first-order valence-corrected chi connectivity index (χ1v) is 1.42. The summed E-state index contributed by atoms with van der Waals surface area (Å²) in [5, 5.41) is 3.33. The highest BCUT2D eigenvalue weighted by Crippen LogP contribution is 1.75. The van der Waals surface area contributed by atoms with Crippen LogP contribution in [-0.2, 0) is 0 Å². The Morgan fingerprint density at radius 2 is 1.57 bits per heavy atom. The van der Waals surface area contributed by atoms with E-state index in [0.717, 1.165) is 0 Å². The Morgan fingerprint density at radius 1 is 1.29 bits per heavy atom. The van der Waals surface area contributed by atoms with Gasteiger partial charge in [0, 0.05) is 10.4 Å². The molecule has 0 saturated heterocycles. The van der Waals surface area contributed by atoms with Crippen LogP contribution in [0, 0.1) is 9.81 Å². The minimum absolute atomic E-state index is 0. The highest BCUT2D eigenvalue weighted by molar-refractivity contribution is 7.80. The summed E-state index contributed by atoms with van der Waals surface area (Å²) in [5.74, 6) is 0. The van der Waals surface area contributed by atoms with Crippen molar-refractivity contribution in [2.45, 2.75) is 0 Å². The number of hydrogen-bond donors (Lipinski definition) is 0. The Bertz CT molecular complexity index is 83.7. The summed E-state index contributed by atoms with van der Waals surface area (Å²) >= 11 is 3.90. The zero-order valence-corrected chi connectivity index (χ0v) is 5.56. The SMILES string of the molecule is O=NC(=S)N=O.P. The maximum absolute atomic E-state index is 9.05. The van der Waals surface area contributed by atoms with E-state index < -0.39 is 5.11 Å². The van der Waals surface area contributed by atoms with E-state index in [2.05, 4.69) is 12.2 Å². The molecule has 0 aromatic heterocycles.